The smallest absolute Gasteiger partial charge is 0.254 e. The number of fused-ring (bicyclic) bond motifs is 2. The van der Waals surface area contributed by atoms with E-state index < -0.39 is 5.79 Å². The lowest BCUT2D eigenvalue weighted by atomic mass is 9.90. The first-order valence-corrected chi connectivity index (χ1v) is 14.8. The van der Waals surface area contributed by atoms with Crippen LogP contribution in [0.25, 0.3) is 22.1 Å². The third kappa shape index (κ3) is 4.67. The van der Waals surface area contributed by atoms with E-state index in [2.05, 4.69) is 15.6 Å². The van der Waals surface area contributed by atoms with Gasteiger partial charge in [-0.05, 0) is 87.5 Å². The number of furan rings is 1. The Morgan fingerprint density at radius 3 is 2.70 bits per heavy atom. The van der Waals surface area contributed by atoms with E-state index in [0.29, 0.717) is 28.2 Å². The Labute approximate surface area is 236 Å². The van der Waals surface area contributed by atoms with E-state index in [1.54, 1.807) is 6.26 Å². The normalized spacial score (nSPS) is 18.8. The topological polar surface area (TPSA) is 106 Å². The van der Waals surface area contributed by atoms with Gasteiger partial charge in [0.25, 0.3) is 17.3 Å². The van der Waals surface area contributed by atoms with E-state index in [-0.39, 0.29) is 23.9 Å². The number of hydrogen-bond acceptors (Lipinski definition) is 7. The van der Waals surface area contributed by atoms with Gasteiger partial charge in [0.15, 0.2) is 11.5 Å². The molecule has 1 atom stereocenters. The van der Waals surface area contributed by atoms with Gasteiger partial charge in [0, 0.05) is 46.5 Å². The number of aromatic nitrogens is 1. The number of pyridine rings is 1. The van der Waals surface area contributed by atoms with Crippen LogP contribution in [0.15, 0.2) is 56.8 Å². The van der Waals surface area contributed by atoms with Gasteiger partial charge in [0.2, 0.25) is 0 Å². The van der Waals surface area contributed by atoms with E-state index >= 15 is 0 Å². The molecule has 0 aliphatic carbocycles. The SMILES string of the molecule is CSc1cc(C)[nH]c(=O)c1CNC(=O)c1c(-c2ccc3occc3c2)cc2c(c1C)OC(C)(C1CCNCC1)O2. The largest absolute Gasteiger partial charge is 0.464 e. The molecule has 0 saturated carbocycles. The fourth-order valence-electron chi connectivity index (χ4n) is 5.87. The number of aryl methyl sites for hydroxylation is 1. The number of rotatable bonds is 6. The average molecular weight is 560 g/mol. The zero-order chi connectivity index (χ0) is 28.0. The van der Waals surface area contributed by atoms with Crippen molar-refractivity contribution in [2.45, 2.75) is 50.8 Å². The van der Waals surface area contributed by atoms with Crippen molar-refractivity contribution in [1.82, 2.24) is 15.6 Å². The summed E-state index contributed by atoms with van der Waals surface area (Å²) in [4.78, 5) is 30.3. The molecule has 4 aromatic rings. The van der Waals surface area contributed by atoms with E-state index in [1.807, 2.05) is 63.4 Å². The molecule has 2 aliphatic heterocycles. The summed E-state index contributed by atoms with van der Waals surface area (Å²) in [6.45, 7) is 7.68. The molecule has 1 saturated heterocycles. The maximum Gasteiger partial charge on any atom is 0.254 e. The van der Waals surface area contributed by atoms with E-state index in [4.69, 9.17) is 13.9 Å². The number of amides is 1. The summed E-state index contributed by atoms with van der Waals surface area (Å²) in [5, 5.41) is 7.35. The number of piperidine rings is 1. The van der Waals surface area contributed by atoms with Gasteiger partial charge in [0.1, 0.15) is 5.58 Å². The van der Waals surface area contributed by atoms with Crippen LogP contribution in [0.2, 0.25) is 0 Å². The predicted molar refractivity (Wildman–Crippen MR) is 156 cm³/mol. The fraction of sp³-hybridized carbons (Fsp3) is 0.355. The zero-order valence-corrected chi connectivity index (χ0v) is 23.9. The molecule has 0 bridgehead atoms. The molecule has 8 nitrogen and oxygen atoms in total. The van der Waals surface area contributed by atoms with Gasteiger partial charge >= 0.3 is 0 Å². The molecule has 0 radical (unpaired) electrons. The van der Waals surface area contributed by atoms with Crippen molar-refractivity contribution in [2.24, 2.45) is 5.92 Å². The molecule has 1 unspecified atom stereocenters. The van der Waals surface area contributed by atoms with Crippen LogP contribution in [-0.2, 0) is 6.54 Å². The molecule has 0 spiro atoms. The highest BCUT2D eigenvalue weighted by molar-refractivity contribution is 7.98. The highest BCUT2D eigenvalue weighted by Gasteiger charge is 2.46. The third-order valence-electron chi connectivity index (χ3n) is 8.05. The number of nitrogens with one attached hydrogen (secondary N) is 3. The maximum atomic E-state index is 13.9. The minimum Gasteiger partial charge on any atom is -0.464 e. The second-order valence-corrected chi connectivity index (χ2v) is 11.5. The van der Waals surface area contributed by atoms with Gasteiger partial charge in [0.05, 0.1) is 11.8 Å². The molecule has 1 fully saturated rings. The molecular formula is C31H33N3O5S. The molecule has 4 heterocycles. The van der Waals surface area contributed by atoms with Gasteiger partial charge in [-0.2, -0.15) is 0 Å². The van der Waals surface area contributed by atoms with Crippen LogP contribution < -0.4 is 25.7 Å². The van der Waals surface area contributed by atoms with Crippen LogP contribution >= 0.6 is 11.8 Å². The Morgan fingerprint density at radius 1 is 1.12 bits per heavy atom. The summed E-state index contributed by atoms with van der Waals surface area (Å²) in [7, 11) is 0. The van der Waals surface area contributed by atoms with Crippen LogP contribution in [0.4, 0.5) is 0 Å². The third-order valence-corrected chi connectivity index (χ3v) is 8.85. The Bertz CT molecular complexity index is 1670. The van der Waals surface area contributed by atoms with Crippen molar-refractivity contribution in [2.75, 3.05) is 19.3 Å². The van der Waals surface area contributed by atoms with Crippen molar-refractivity contribution in [1.29, 1.82) is 0 Å². The number of benzene rings is 2. The Hall–Kier alpha value is -3.69. The summed E-state index contributed by atoms with van der Waals surface area (Å²) < 4.78 is 18.6. The maximum absolute atomic E-state index is 13.9. The van der Waals surface area contributed by atoms with Gasteiger partial charge in [-0.25, -0.2) is 0 Å². The highest BCUT2D eigenvalue weighted by Crippen LogP contribution is 2.49. The first-order valence-electron chi connectivity index (χ1n) is 13.6. The highest BCUT2D eigenvalue weighted by atomic mass is 32.2. The Kier molecular flexibility index (Phi) is 6.88. The molecule has 2 aromatic carbocycles. The monoisotopic (exact) mass is 559 g/mol. The molecule has 9 heteroatoms. The van der Waals surface area contributed by atoms with E-state index in [0.717, 1.165) is 58.6 Å². The molecule has 2 aromatic heterocycles. The molecule has 3 N–H and O–H groups in total. The average Bonchev–Trinajstić information content (AvgIpc) is 3.56. The molecule has 1 amide bonds. The van der Waals surface area contributed by atoms with Gasteiger partial charge < -0.3 is 29.5 Å². The number of thioether (sulfide) groups is 1. The Morgan fingerprint density at radius 2 is 1.93 bits per heavy atom. The van der Waals surface area contributed by atoms with Crippen molar-refractivity contribution >= 4 is 28.6 Å². The minimum absolute atomic E-state index is 0.103. The summed E-state index contributed by atoms with van der Waals surface area (Å²) in [6, 6.07) is 11.6. The standard InChI is InChI=1S/C31H33N3O5S/c1-17-13-26(40-4)23(29(35)34-17)16-33-30(36)27-18(2)28-25(38-31(3,39-28)21-7-10-32-11-8-21)15-22(27)19-5-6-24-20(14-19)9-12-37-24/h5-6,9,12-15,21,32H,7-8,10-11,16H2,1-4H3,(H,33,36)(H,34,35). The summed E-state index contributed by atoms with van der Waals surface area (Å²) >= 11 is 1.48. The summed E-state index contributed by atoms with van der Waals surface area (Å²) in [5.74, 6) is 0.364. The summed E-state index contributed by atoms with van der Waals surface area (Å²) in [6.07, 6.45) is 5.47. The number of ether oxygens (including phenoxy) is 2. The number of aromatic amines is 1. The quantitative estimate of drug-likeness (QED) is 0.266. The summed E-state index contributed by atoms with van der Waals surface area (Å²) in [5.41, 5.74) is 4.69. The number of hydrogen-bond donors (Lipinski definition) is 3. The Balaban J connectivity index is 1.41. The van der Waals surface area contributed by atoms with Crippen molar-refractivity contribution in [3.63, 3.8) is 0 Å². The van der Waals surface area contributed by atoms with Crippen LogP contribution in [0.3, 0.4) is 0 Å². The zero-order valence-electron chi connectivity index (χ0n) is 23.1. The predicted octanol–water partition coefficient (Wildman–Crippen LogP) is 5.54. The molecular weight excluding hydrogens is 526 g/mol. The van der Waals surface area contributed by atoms with Crippen LogP contribution in [0, 0.1) is 19.8 Å². The van der Waals surface area contributed by atoms with Crippen LogP contribution in [0.5, 0.6) is 11.5 Å². The lowest BCUT2D eigenvalue weighted by molar-refractivity contribution is -0.118. The second-order valence-electron chi connectivity index (χ2n) is 10.7. The lowest BCUT2D eigenvalue weighted by Crippen LogP contribution is -2.47. The second kappa shape index (κ2) is 10.4. The fourth-order valence-corrected chi connectivity index (χ4v) is 6.58. The molecule has 6 rings (SSSR count). The van der Waals surface area contributed by atoms with Crippen LogP contribution in [0.1, 0.15) is 46.9 Å². The van der Waals surface area contributed by atoms with Crippen molar-refractivity contribution in [3.8, 4) is 22.6 Å². The minimum atomic E-state index is -0.807. The van der Waals surface area contributed by atoms with E-state index in [9.17, 15) is 9.59 Å². The first-order chi connectivity index (χ1) is 19.3. The molecule has 40 heavy (non-hydrogen) atoms. The number of carbonyl (C=O) groups excluding carboxylic acids is 1. The number of H-pyrrole nitrogens is 1. The van der Waals surface area contributed by atoms with Gasteiger partial charge in [-0.3, -0.25) is 9.59 Å². The van der Waals surface area contributed by atoms with Crippen molar-refractivity contribution < 1.29 is 18.7 Å². The first kappa shape index (κ1) is 26.5. The van der Waals surface area contributed by atoms with Gasteiger partial charge in [-0.15, -0.1) is 11.8 Å². The van der Waals surface area contributed by atoms with Crippen LogP contribution in [-0.4, -0.2) is 36.0 Å². The van der Waals surface area contributed by atoms with E-state index in [1.165, 1.54) is 11.8 Å². The lowest BCUT2D eigenvalue weighted by Gasteiger charge is -2.35. The molecule has 2 aliphatic rings. The van der Waals surface area contributed by atoms with Crippen molar-refractivity contribution in [3.05, 3.63) is 75.4 Å². The number of carbonyl (C=O) groups is 1. The molecule has 208 valence electrons. The van der Waals surface area contributed by atoms with Gasteiger partial charge in [-0.1, -0.05) is 6.07 Å².